The molecule has 1 amide bonds. The summed E-state index contributed by atoms with van der Waals surface area (Å²) in [6.45, 7) is 6.80. The first-order valence-corrected chi connectivity index (χ1v) is 10.4. The predicted octanol–water partition coefficient (Wildman–Crippen LogP) is 3.38. The first-order chi connectivity index (χ1) is 14.1. The number of carbonyl (C=O) groups excluding carboxylic acids is 1. The number of rotatable bonds is 4. The summed E-state index contributed by atoms with van der Waals surface area (Å²) in [6, 6.07) is 10.8. The van der Waals surface area contributed by atoms with Crippen molar-refractivity contribution in [3.05, 3.63) is 64.7 Å². The van der Waals surface area contributed by atoms with E-state index < -0.39 is 0 Å². The van der Waals surface area contributed by atoms with E-state index in [9.17, 15) is 9.18 Å². The molecule has 3 heterocycles. The lowest BCUT2D eigenvalue weighted by Gasteiger charge is -2.33. The molecule has 0 radical (unpaired) electrons. The molecule has 2 aliphatic heterocycles. The highest BCUT2D eigenvalue weighted by Gasteiger charge is 2.28. The quantitative estimate of drug-likeness (QED) is 0.794. The molecule has 0 aliphatic carbocycles. The number of amides is 1. The molecule has 0 atom stereocenters. The van der Waals surface area contributed by atoms with Crippen LogP contribution in [0.4, 0.5) is 4.39 Å². The van der Waals surface area contributed by atoms with Gasteiger partial charge in [-0.05, 0) is 51.1 Å². The van der Waals surface area contributed by atoms with Crippen molar-refractivity contribution in [2.24, 2.45) is 0 Å². The number of nitrogens with zero attached hydrogens (tertiary/aromatic N) is 3. The third-order valence-corrected chi connectivity index (χ3v) is 5.92. The van der Waals surface area contributed by atoms with Gasteiger partial charge in [-0.1, -0.05) is 18.2 Å². The molecule has 2 saturated heterocycles. The number of halogens is 1. The lowest BCUT2D eigenvalue weighted by atomic mass is 9.89. The monoisotopic (exact) mass is 397 g/mol. The van der Waals surface area contributed by atoms with Crippen LogP contribution in [-0.4, -0.2) is 60.1 Å². The van der Waals surface area contributed by atoms with Crippen LogP contribution in [0.25, 0.3) is 0 Å². The topological polar surface area (TPSA) is 45.7 Å². The second-order valence-electron chi connectivity index (χ2n) is 7.93. The number of ether oxygens (including phenoxy) is 1. The lowest BCUT2D eigenvalue weighted by Crippen LogP contribution is -2.41. The Hall–Kier alpha value is -2.31. The number of aromatic nitrogens is 1. The predicted molar refractivity (Wildman–Crippen MR) is 109 cm³/mol. The number of aryl methyl sites for hydroxylation is 1. The first kappa shape index (κ1) is 20.0. The fourth-order valence-corrected chi connectivity index (χ4v) is 4.24. The maximum atomic E-state index is 14.0. The number of hydrogen-bond acceptors (Lipinski definition) is 4. The summed E-state index contributed by atoms with van der Waals surface area (Å²) in [5, 5.41) is 0. The number of likely N-dealkylation sites (tertiary alicyclic amines) is 1. The lowest BCUT2D eigenvalue weighted by molar-refractivity contribution is 0.0301. The van der Waals surface area contributed by atoms with Crippen molar-refractivity contribution >= 4 is 5.91 Å². The van der Waals surface area contributed by atoms with Crippen molar-refractivity contribution in [1.29, 1.82) is 0 Å². The molecule has 4 rings (SSSR count). The van der Waals surface area contributed by atoms with Gasteiger partial charge in [0.25, 0.3) is 5.91 Å². The molecule has 1 aromatic carbocycles. The Morgan fingerprint density at radius 3 is 2.55 bits per heavy atom. The third kappa shape index (κ3) is 4.65. The van der Waals surface area contributed by atoms with Crippen LogP contribution >= 0.6 is 0 Å². The van der Waals surface area contributed by atoms with E-state index in [0.29, 0.717) is 32.8 Å². The average molecular weight is 397 g/mol. The van der Waals surface area contributed by atoms with Crippen LogP contribution in [-0.2, 0) is 11.3 Å². The molecule has 2 aromatic rings. The van der Waals surface area contributed by atoms with Gasteiger partial charge in [0.05, 0.1) is 24.5 Å². The van der Waals surface area contributed by atoms with E-state index >= 15 is 0 Å². The molecule has 5 nitrogen and oxygen atoms in total. The second-order valence-corrected chi connectivity index (χ2v) is 7.93. The zero-order valence-electron chi connectivity index (χ0n) is 16.9. The van der Waals surface area contributed by atoms with Crippen molar-refractivity contribution in [3.63, 3.8) is 0 Å². The first-order valence-electron chi connectivity index (χ1n) is 10.4. The molecule has 154 valence electrons. The van der Waals surface area contributed by atoms with Crippen LogP contribution in [0, 0.1) is 12.7 Å². The van der Waals surface area contributed by atoms with Crippen LogP contribution in [0.3, 0.4) is 0 Å². The summed E-state index contributed by atoms with van der Waals surface area (Å²) in [5.41, 5.74) is 3.33. The SMILES string of the molecule is Cc1ccc(C(=O)N2CCOCC2)c(C2CCN(Cc3ccccc3F)CC2)n1. The summed E-state index contributed by atoms with van der Waals surface area (Å²) in [4.78, 5) is 22.0. The van der Waals surface area contributed by atoms with Crippen LogP contribution in [0.5, 0.6) is 0 Å². The largest absolute Gasteiger partial charge is 0.378 e. The number of carbonyl (C=O) groups is 1. The average Bonchev–Trinajstić information content (AvgIpc) is 2.76. The summed E-state index contributed by atoms with van der Waals surface area (Å²) in [7, 11) is 0. The van der Waals surface area contributed by atoms with Crippen molar-refractivity contribution in [2.45, 2.75) is 32.2 Å². The van der Waals surface area contributed by atoms with Gasteiger partial charge in [-0.3, -0.25) is 14.7 Å². The van der Waals surface area contributed by atoms with E-state index in [2.05, 4.69) is 4.90 Å². The minimum atomic E-state index is -0.145. The van der Waals surface area contributed by atoms with Crippen LogP contribution in [0.15, 0.2) is 36.4 Å². The number of morpholine rings is 1. The normalized spacial score (nSPS) is 18.8. The number of pyridine rings is 1. The fourth-order valence-electron chi connectivity index (χ4n) is 4.24. The Labute approximate surface area is 171 Å². The maximum Gasteiger partial charge on any atom is 0.255 e. The Bertz CT molecular complexity index is 859. The van der Waals surface area contributed by atoms with Gasteiger partial charge in [0.1, 0.15) is 5.82 Å². The van der Waals surface area contributed by atoms with Crippen molar-refractivity contribution in [2.75, 3.05) is 39.4 Å². The molecule has 0 saturated carbocycles. The van der Waals surface area contributed by atoms with Gasteiger partial charge in [0.2, 0.25) is 0 Å². The van der Waals surface area contributed by atoms with Gasteiger partial charge in [-0.15, -0.1) is 0 Å². The molecular weight excluding hydrogens is 369 g/mol. The zero-order chi connectivity index (χ0) is 20.2. The molecule has 0 N–H and O–H groups in total. The van der Waals surface area contributed by atoms with Crippen LogP contribution in [0.2, 0.25) is 0 Å². The summed E-state index contributed by atoms with van der Waals surface area (Å²) in [6.07, 6.45) is 1.85. The minimum Gasteiger partial charge on any atom is -0.378 e. The summed E-state index contributed by atoms with van der Waals surface area (Å²) < 4.78 is 19.3. The Balaban J connectivity index is 1.46. The molecule has 2 aliphatic rings. The van der Waals surface area contributed by atoms with Gasteiger partial charge in [-0.25, -0.2) is 4.39 Å². The van der Waals surface area contributed by atoms with Gasteiger partial charge in [0, 0.05) is 36.8 Å². The van der Waals surface area contributed by atoms with E-state index in [1.807, 2.05) is 36.1 Å². The van der Waals surface area contributed by atoms with E-state index in [1.54, 1.807) is 6.07 Å². The third-order valence-electron chi connectivity index (χ3n) is 5.92. The van der Waals surface area contributed by atoms with E-state index in [4.69, 9.17) is 9.72 Å². The van der Waals surface area contributed by atoms with E-state index in [0.717, 1.165) is 48.4 Å². The second kappa shape index (κ2) is 9.01. The maximum absolute atomic E-state index is 14.0. The van der Waals surface area contributed by atoms with Gasteiger partial charge < -0.3 is 9.64 Å². The van der Waals surface area contributed by atoms with E-state index in [1.165, 1.54) is 6.07 Å². The highest BCUT2D eigenvalue weighted by Crippen LogP contribution is 2.31. The van der Waals surface area contributed by atoms with Gasteiger partial charge in [0.15, 0.2) is 0 Å². The van der Waals surface area contributed by atoms with E-state index in [-0.39, 0.29) is 17.6 Å². The van der Waals surface area contributed by atoms with Crippen molar-refractivity contribution < 1.29 is 13.9 Å². The molecule has 0 unspecified atom stereocenters. The number of benzene rings is 1. The Morgan fingerprint density at radius 2 is 1.83 bits per heavy atom. The van der Waals surface area contributed by atoms with Gasteiger partial charge in [-0.2, -0.15) is 0 Å². The Morgan fingerprint density at radius 1 is 1.10 bits per heavy atom. The molecule has 29 heavy (non-hydrogen) atoms. The van der Waals surface area contributed by atoms with Crippen molar-refractivity contribution in [3.8, 4) is 0 Å². The number of hydrogen-bond donors (Lipinski definition) is 0. The van der Waals surface area contributed by atoms with Crippen molar-refractivity contribution in [1.82, 2.24) is 14.8 Å². The highest BCUT2D eigenvalue weighted by atomic mass is 19.1. The van der Waals surface area contributed by atoms with Gasteiger partial charge >= 0.3 is 0 Å². The molecule has 1 aromatic heterocycles. The highest BCUT2D eigenvalue weighted by molar-refractivity contribution is 5.95. The summed E-state index contributed by atoms with van der Waals surface area (Å²) in [5.74, 6) is 0.171. The molecule has 2 fully saturated rings. The van der Waals surface area contributed by atoms with Crippen LogP contribution in [0.1, 0.15) is 46.1 Å². The molecule has 6 heteroatoms. The Kier molecular flexibility index (Phi) is 6.21. The molecule has 0 bridgehead atoms. The summed E-state index contributed by atoms with van der Waals surface area (Å²) >= 11 is 0. The standard InChI is InChI=1S/C23H28FN3O2/c1-17-6-7-20(23(28)27-12-14-29-15-13-27)22(25-17)18-8-10-26(11-9-18)16-19-4-2-3-5-21(19)24/h2-7,18H,8-16H2,1H3. The smallest absolute Gasteiger partial charge is 0.255 e. The molecular formula is C23H28FN3O2. The zero-order valence-corrected chi connectivity index (χ0v) is 16.9. The molecule has 0 spiro atoms. The number of piperidine rings is 1. The fraction of sp³-hybridized carbons (Fsp3) is 0.478. The minimum absolute atomic E-state index is 0.0598. The van der Waals surface area contributed by atoms with Crippen LogP contribution < -0.4 is 0 Å².